The molecular formula is C13H10O. The molecule has 1 heterocycles. The summed E-state index contributed by atoms with van der Waals surface area (Å²) in [6.45, 7) is 2.11. The lowest BCUT2D eigenvalue weighted by Gasteiger charge is -1.90. The van der Waals surface area contributed by atoms with Crippen molar-refractivity contribution in [1.82, 2.24) is 0 Å². The van der Waals surface area contributed by atoms with Gasteiger partial charge in [-0.3, -0.25) is 0 Å². The van der Waals surface area contributed by atoms with Crippen LogP contribution in [-0.2, 0) is 0 Å². The van der Waals surface area contributed by atoms with Gasteiger partial charge < -0.3 is 4.42 Å². The van der Waals surface area contributed by atoms with Crippen molar-refractivity contribution in [3.8, 4) is 11.1 Å². The second-order valence-electron chi connectivity index (χ2n) is 3.63. The molecule has 1 aromatic rings. The van der Waals surface area contributed by atoms with Crippen LogP contribution in [0.2, 0.25) is 0 Å². The van der Waals surface area contributed by atoms with Crippen LogP contribution in [-0.4, -0.2) is 0 Å². The highest BCUT2D eigenvalue weighted by Gasteiger charge is 2.10. The van der Waals surface area contributed by atoms with Crippen LogP contribution in [0.25, 0.3) is 22.1 Å². The Morgan fingerprint density at radius 2 is 2.00 bits per heavy atom. The van der Waals surface area contributed by atoms with Crippen LogP contribution < -0.4 is 0 Å². The van der Waals surface area contributed by atoms with Crippen LogP contribution in [0.1, 0.15) is 5.56 Å². The molecule has 3 rings (SSSR count). The lowest BCUT2D eigenvalue weighted by molar-refractivity contribution is 0.617. The molecule has 0 spiro atoms. The summed E-state index contributed by atoms with van der Waals surface area (Å²) in [6, 6.07) is 12.6. The summed E-state index contributed by atoms with van der Waals surface area (Å²) in [5.41, 5.74) is 4.71. The molecule has 0 saturated carbocycles. The summed E-state index contributed by atoms with van der Waals surface area (Å²) < 4.78 is 5.45. The molecule has 0 N–H and O–H groups in total. The lowest BCUT2D eigenvalue weighted by atomic mass is 10.2. The first-order chi connectivity index (χ1) is 6.84. The molecule has 1 nitrogen and oxygen atoms in total. The molecule has 2 aliphatic carbocycles. The van der Waals surface area contributed by atoms with Gasteiger partial charge in [0.25, 0.3) is 0 Å². The fourth-order valence-corrected chi connectivity index (χ4v) is 1.91. The molecule has 0 unspecified atom stereocenters. The van der Waals surface area contributed by atoms with Gasteiger partial charge in [-0.1, -0.05) is 29.8 Å². The maximum atomic E-state index is 5.45. The Labute approximate surface area is 82.3 Å². The summed E-state index contributed by atoms with van der Waals surface area (Å²) in [4.78, 5) is 0. The molecule has 14 heavy (non-hydrogen) atoms. The largest absolute Gasteiger partial charge is 0.464 e. The average Bonchev–Trinajstić information content (AvgIpc) is 2.64. The Bertz CT molecular complexity index is 563. The van der Waals surface area contributed by atoms with Gasteiger partial charge in [0, 0.05) is 10.9 Å². The van der Waals surface area contributed by atoms with Crippen LogP contribution in [0.5, 0.6) is 0 Å². The first-order valence-corrected chi connectivity index (χ1v) is 4.71. The van der Waals surface area contributed by atoms with Gasteiger partial charge >= 0.3 is 0 Å². The van der Waals surface area contributed by atoms with Gasteiger partial charge in [-0.25, -0.2) is 0 Å². The number of rotatable bonds is 0. The standard InChI is InChI=1S/C13H10O/c1-9-3-2-4-12-11(7-9)8-10-5-6-14-13(10)12/h2-8H,1H3. The highest BCUT2D eigenvalue weighted by atomic mass is 16.3. The molecule has 0 aliphatic heterocycles. The van der Waals surface area contributed by atoms with E-state index in [0.29, 0.717) is 0 Å². The molecular weight excluding hydrogens is 172 g/mol. The van der Waals surface area contributed by atoms with Gasteiger partial charge in [0.2, 0.25) is 0 Å². The lowest BCUT2D eigenvalue weighted by Crippen LogP contribution is -1.65. The monoisotopic (exact) mass is 182 g/mol. The van der Waals surface area contributed by atoms with Gasteiger partial charge in [0.05, 0.1) is 6.26 Å². The van der Waals surface area contributed by atoms with Gasteiger partial charge in [0.1, 0.15) is 5.58 Å². The first-order valence-electron chi connectivity index (χ1n) is 4.71. The van der Waals surface area contributed by atoms with Crippen molar-refractivity contribution in [3.63, 3.8) is 0 Å². The fraction of sp³-hybridized carbons (Fsp3) is 0.0769. The summed E-state index contributed by atoms with van der Waals surface area (Å²) in [5.74, 6) is 0. The van der Waals surface area contributed by atoms with E-state index < -0.39 is 0 Å². The second kappa shape index (κ2) is 2.61. The van der Waals surface area contributed by atoms with Crippen LogP contribution >= 0.6 is 0 Å². The zero-order chi connectivity index (χ0) is 9.54. The third kappa shape index (κ3) is 0.956. The second-order valence-corrected chi connectivity index (χ2v) is 3.63. The van der Waals surface area contributed by atoms with E-state index in [9.17, 15) is 0 Å². The Morgan fingerprint density at radius 3 is 2.93 bits per heavy atom. The van der Waals surface area contributed by atoms with E-state index >= 15 is 0 Å². The minimum absolute atomic E-state index is 0.996. The predicted octanol–water partition coefficient (Wildman–Crippen LogP) is 3.85. The molecule has 68 valence electrons. The quantitative estimate of drug-likeness (QED) is 0.514. The smallest absolute Gasteiger partial charge is 0.141 e. The van der Waals surface area contributed by atoms with E-state index in [2.05, 4.69) is 37.3 Å². The summed E-state index contributed by atoms with van der Waals surface area (Å²) in [5, 5.41) is 1.19. The highest BCUT2D eigenvalue weighted by molar-refractivity contribution is 5.98. The summed E-state index contributed by atoms with van der Waals surface area (Å²) >= 11 is 0. The number of furan rings is 1. The molecule has 0 fully saturated rings. The molecule has 0 bridgehead atoms. The summed E-state index contributed by atoms with van der Waals surface area (Å²) in [7, 11) is 0. The Kier molecular flexibility index (Phi) is 1.42. The van der Waals surface area contributed by atoms with Gasteiger partial charge in [-0.2, -0.15) is 0 Å². The normalized spacial score (nSPS) is 11.2. The Balaban J connectivity index is 2.49. The molecule has 0 amide bonds. The molecule has 0 atom stereocenters. The Hall–Kier alpha value is -1.76. The zero-order valence-corrected chi connectivity index (χ0v) is 7.95. The van der Waals surface area contributed by atoms with Gasteiger partial charge in [-0.05, 0) is 24.6 Å². The van der Waals surface area contributed by atoms with E-state index in [-0.39, 0.29) is 0 Å². The molecule has 1 aromatic heterocycles. The van der Waals surface area contributed by atoms with Crippen molar-refractivity contribution < 1.29 is 4.42 Å². The number of hydrogen-bond donors (Lipinski definition) is 0. The predicted molar refractivity (Wildman–Crippen MR) is 57.6 cm³/mol. The SMILES string of the molecule is Cc1cccc2c3occc3cc-2c1. The molecule has 2 aliphatic rings. The van der Waals surface area contributed by atoms with E-state index in [1.54, 1.807) is 6.26 Å². The molecule has 0 saturated heterocycles. The fourth-order valence-electron chi connectivity index (χ4n) is 1.91. The van der Waals surface area contributed by atoms with Crippen molar-refractivity contribution in [3.05, 3.63) is 48.2 Å². The maximum absolute atomic E-state index is 5.45. The topological polar surface area (TPSA) is 13.1 Å². The minimum atomic E-state index is 0.996. The maximum Gasteiger partial charge on any atom is 0.141 e. The van der Waals surface area contributed by atoms with Crippen molar-refractivity contribution in [2.75, 3.05) is 0 Å². The minimum Gasteiger partial charge on any atom is -0.464 e. The van der Waals surface area contributed by atoms with Crippen molar-refractivity contribution in [1.29, 1.82) is 0 Å². The highest BCUT2D eigenvalue weighted by Crippen LogP contribution is 2.34. The van der Waals surface area contributed by atoms with E-state index in [0.717, 1.165) is 5.58 Å². The van der Waals surface area contributed by atoms with Crippen LogP contribution in [0.4, 0.5) is 0 Å². The van der Waals surface area contributed by atoms with Crippen LogP contribution in [0.15, 0.2) is 47.1 Å². The van der Waals surface area contributed by atoms with Crippen LogP contribution in [0, 0.1) is 6.92 Å². The number of hydrogen-bond acceptors (Lipinski definition) is 1. The van der Waals surface area contributed by atoms with E-state index in [1.165, 1.54) is 22.1 Å². The molecule has 1 heteroatoms. The first kappa shape index (κ1) is 7.63. The van der Waals surface area contributed by atoms with Crippen molar-refractivity contribution in [2.45, 2.75) is 6.92 Å². The zero-order valence-electron chi connectivity index (χ0n) is 7.95. The Morgan fingerprint density at radius 1 is 1.07 bits per heavy atom. The van der Waals surface area contributed by atoms with Gasteiger partial charge in [-0.15, -0.1) is 0 Å². The van der Waals surface area contributed by atoms with E-state index in [1.807, 2.05) is 6.07 Å². The van der Waals surface area contributed by atoms with Crippen molar-refractivity contribution >= 4 is 11.0 Å². The van der Waals surface area contributed by atoms with Gasteiger partial charge in [0.15, 0.2) is 0 Å². The average molecular weight is 182 g/mol. The summed E-state index contributed by atoms with van der Waals surface area (Å²) in [6.07, 6.45) is 1.74. The third-order valence-corrected chi connectivity index (χ3v) is 2.57. The number of aryl methyl sites for hydroxylation is 1. The van der Waals surface area contributed by atoms with Crippen LogP contribution in [0.3, 0.4) is 0 Å². The third-order valence-electron chi connectivity index (χ3n) is 2.57. The molecule has 0 aromatic carbocycles. The van der Waals surface area contributed by atoms with E-state index in [4.69, 9.17) is 4.42 Å². The van der Waals surface area contributed by atoms with Crippen molar-refractivity contribution in [2.24, 2.45) is 0 Å². The number of fused-ring (bicyclic) bond motifs is 3. The molecule has 0 radical (unpaired) electrons.